The van der Waals surface area contributed by atoms with Crippen molar-refractivity contribution in [1.82, 2.24) is 4.90 Å². The van der Waals surface area contributed by atoms with Crippen LogP contribution in [0.4, 0.5) is 5.69 Å². The second-order valence-corrected chi connectivity index (χ2v) is 10.5. The Hall–Kier alpha value is -3.65. The number of carbonyl (C=O) groups excluding carboxylic acids is 1. The molecule has 0 spiro atoms. The number of fused-ring (bicyclic) bond motifs is 1. The number of rotatable bonds is 8. The fourth-order valence-corrected chi connectivity index (χ4v) is 5.46. The Bertz CT molecular complexity index is 1320. The Morgan fingerprint density at radius 3 is 2.26 bits per heavy atom. The van der Waals surface area contributed by atoms with E-state index in [1.54, 1.807) is 56.3 Å². The maximum Gasteiger partial charge on any atom is 0.326 e. The summed E-state index contributed by atoms with van der Waals surface area (Å²) in [7, 11) is -3.55. The van der Waals surface area contributed by atoms with Crippen molar-refractivity contribution in [2.24, 2.45) is 5.92 Å². The smallest absolute Gasteiger partial charge is 0.326 e. The molecule has 7 nitrogen and oxygen atoms in total. The Balaban J connectivity index is 1.50. The average molecular weight is 479 g/mol. The van der Waals surface area contributed by atoms with Gasteiger partial charge in [0.2, 0.25) is 10.0 Å². The summed E-state index contributed by atoms with van der Waals surface area (Å²) in [6, 6.07) is 20.5. The molecule has 1 atom stereocenters. The topological polar surface area (TPSA) is 104 Å². The van der Waals surface area contributed by atoms with Gasteiger partial charge < -0.3 is 10.0 Å². The van der Waals surface area contributed by atoms with Crippen LogP contribution in [0.25, 0.3) is 11.1 Å². The van der Waals surface area contributed by atoms with Crippen molar-refractivity contribution < 1.29 is 23.1 Å². The van der Waals surface area contributed by atoms with Crippen LogP contribution in [-0.2, 0) is 27.1 Å². The van der Waals surface area contributed by atoms with Crippen LogP contribution < -0.4 is 4.72 Å². The van der Waals surface area contributed by atoms with Crippen molar-refractivity contribution in [2.45, 2.75) is 32.2 Å². The molecule has 0 bridgehead atoms. The van der Waals surface area contributed by atoms with Gasteiger partial charge in [-0.2, -0.15) is 0 Å². The molecule has 34 heavy (non-hydrogen) atoms. The van der Waals surface area contributed by atoms with Gasteiger partial charge in [0, 0.05) is 17.8 Å². The lowest BCUT2D eigenvalue weighted by Crippen LogP contribution is -2.44. The van der Waals surface area contributed by atoms with Crippen molar-refractivity contribution in [2.75, 3.05) is 4.72 Å². The average Bonchev–Trinajstić information content (AvgIpc) is 3.09. The minimum absolute atomic E-state index is 0.112. The number of nitrogens with one attached hydrogen (secondary N) is 1. The maximum absolute atomic E-state index is 12.8. The van der Waals surface area contributed by atoms with Gasteiger partial charge in [-0.05, 0) is 52.4 Å². The van der Waals surface area contributed by atoms with E-state index in [0.29, 0.717) is 16.8 Å². The van der Waals surface area contributed by atoms with E-state index in [9.17, 15) is 23.1 Å². The van der Waals surface area contributed by atoms with Crippen molar-refractivity contribution in [3.63, 3.8) is 0 Å². The van der Waals surface area contributed by atoms with Gasteiger partial charge in [0.1, 0.15) is 6.04 Å². The molecular formula is C26H26N2O5S. The Labute approximate surface area is 199 Å². The van der Waals surface area contributed by atoms with Crippen molar-refractivity contribution in [1.29, 1.82) is 0 Å². The van der Waals surface area contributed by atoms with E-state index in [2.05, 4.69) is 4.72 Å². The van der Waals surface area contributed by atoms with Crippen molar-refractivity contribution in [3.05, 3.63) is 89.5 Å². The number of anilines is 1. The molecule has 2 N–H and O–H groups in total. The van der Waals surface area contributed by atoms with Crippen LogP contribution in [0.5, 0.6) is 0 Å². The highest BCUT2D eigenvalue weighted by atomic mass is 32.2. The third-order valence-electron chi connectivity index (χ3n) is 5.85. The summed E-state index contributed by atoms with van der Waals surface area (Å²) in [5.74, 6) is -1.61. The third-order valence-corrected chi connectivity index (χ3v) is 7.11. The van der Waals surface area contributed by atoms with Gasteiger partial charge >= 0.3 is 5.97 Å². The molecule has 8 heteroatoms. The molecular weight excluding hydrogens is 452 g/mol. The Kier molecular flexibility index (Phi) is 6.43. The highest BCUT2D eigenvalue weighted by Crippen LogP contribution is 2.31. The van der Waals surface area contributed by atoms with E-state index in [-0.39, 0.29) is 24.1 Å². The zero-order valence-corrected chi connectivity index (χ0v) is 19.7. The lowest BCUT2D eigenvalue weighted by molar-refractivity contribution is -0.144. The Morgan fingerprint density at radius 1 is 1.00 bits per heavy atom. The zero-order valence-electron chi connectivity index (χ0n) is 18.9. The van der Waals surface area contributed by atoms with Gasteiger partial charge in [-0.1, -0.05) is 62.4 Å². The maximum atomic E-state index is 12.8. The first-order chi connectivity index (χ1) is 16.1. The van der Waals surface area contributed by atoms with Gasteiger partial charge in [-0.15, -0.1) is 0 Å². The van der Waals surface area contributed by atoms with Gasteiger partial charge in [0.15, 0.2) is 0 Å². The predicted octanol–water partition coefficient (Wildman–Crippen LogP) is 4.36. The first kappa shape index (κ1) is 23.5. The van der Waals surface area contributed by atoms with E-state index in [0.717, 1.165) is 16.7 Å². The molecule has 3 aromatic carbocycles. The quantitative estimate of drug-likeness (QED) is 0.501. The number of hydrogen-bond acceptors (Lipinski definition) is 4. The molecule has 0 aliphatic carbocycles. The first-order valence-corrected chi connectivity index (χ1v) is 12.6. The van der Waals surface area contributed by atoms with Crippen LogP contribution in [0.3, 0.4) is 0 Å². The molecule has 4 rings (SSSR count). The number of carboxylic acids is 1. The fraction of sp³-hybridized carbons (Fsp3) is 0.231. The number of nitrogens with zero attached hydrogens (tertiary/aromatic N) is 1. The van der Waals surface area contributed by atoms with Crippen LogP contribution in [0.2, 0.25) is 0 Å². The number of sulfonamides is 1. The Morgan fingerprint density at radius 2 is 1.65 bits per heavy atom. The summed E-state index contributed by atoms with van der Waals surface area (Å²) in [6.07, 6.45) is 0. The highest BCUT2D eigenvalue weighted by Gasteiger charge is 2.38. The standard InChI is InChI=1S/C26H26N2O5S/c1-17(2)24(26(30)31)28-15-21-14-20(10-13-23(21)25(28)29)19-8-11-22(12-9-19)27-34(32,33)16-18-6-4-3-5-7-18/h3-14,17,24,27H,15-16H2,1-2H3,(H,30,31)/t24-/m0/s1. The molecule has 0 saturated carbocycles. The number of benzene rings is 3. The van der Waals surface area contributed by atoms with Crippen molar-refractivity contribution >= 4 is 27.6 Å². The minimum Gasteiger partial charge on any atom is -0.480 e. The van der Waals surface area contributed by atoms with E-state index < -0.39 is 22.0 Å². The van der Waals surface area contributed by atoms with Gasteiger partial charge in [0.25, 0.3) is 5.91 Å². The SMILES string of the molecule is CC(C)[C@@H](C(=O)O)N1Cc2cc(-c3ccc(NS(=O)(=O)Cc4ccccc4)cc3)ccc2C1=O. The molecule has 0 unspecified atom stereocenters. The molecule has 1 aliphatic rings. The monoisotopic (exact) mass is 478 g/mol. The summed E-state index contributed by atoms with van der Waals surface area (Å²) in [6.45, 7) is 3.82. The van der Waals surface area contributed by atoms with E-state index in [1.807, 2.05) is 30.3 Å². The molecule has 0 fully saturated rings. The predicted molar refractivity (Wildman–Crippen MR) is 131 cm³/mol. The zero-order chi connectivity index (χ0) is 24.5. The number of hydrogen-bond donors (Lipinski definition) is 2. The van der Waals surface area contributed by atoms with Crippen LogP contribution in [0, 0.1) is 5.92 Å². The fourth-order valence-electron chi connectivity index (χ4n) is 4.27. The third kappa shape index (κ3) is 4.97. The molecule has 3 aromatic rings. The lowest BCUT2D eigenvalue weighted by atomic mass is 10.0. The highest BCUT2D eigenvalue weighted by molar-refractivity contribution is 7.91. The second-order valence-electron chi connectivity index (χ2n) is 8.76. The lowest BCUT2D eigenvalue weighted by Gasteiger charge is -2.27. The van der Waals surface area contributed by atoms with Crippen LogP contribution in [0.15, 0.2) is 72.8 Å². The molecule has 1 heterocycles. The molecule has 0 aromatic heterocycles. The minimum atomic E-state index is -3.55. The summed E-state index contributed by atoms with van der Waals surface area (Å²) < 4.78 is 27.5. The van der Waals surface area contributed by atoms with E-state index in [4.69, 9.17) is 0 Å². The van der Waals surface area contributed by atoms with E-state index >= 15 is 0 Å². The number of amides is 1. The van der Waals surface area contributed by atoms with Gasteiger partial charge in [-0.3, -0.25) is 9.52 Å². The number of carboxylic acid groups (broad SMARTS) is 1. The number of carbonyl (C=O) groups is 2. The summed E-state index contributed by atoms with van der Waals surface area (Å²) in [4.78, 5) is 25.9. The summed E-state index contributed by atoms with van der Waals surface area (Å²) in [5, 5.41) is 9.58. The van der Waals surface area contributed by atoms with Gasteiger partial charge in [0.05, 0.1) is 5.75 Å². The van der Waals surface area contributed by atoms with Crippen LogP contribution in [-0.4, -0.2) is 36.3 Å². The van der Waals surface area contributed by atoms with Gasteiger partial charge in [-0.25, -0.2) is 13.2 Å². The summed E-state index contributed by atoms with van der Waals surface area (Å²) in [5.41, 5.74) is 4.18. The largest absolute Gasteiger partial charge is 0.480 e. The normalized spacial score (nSPS) is 14.2. The molecule has 1 amide bonds. The number of aliphatic carboxylic acids is 1. The van der Waals surface area contributed by atoms with Crippen LogP contribution in [0.1, 0.15) is 35.3 Å². The van der Waals surface area contributed by atoms with Crippen LogP contribution >= 0.6 is 0 Å². The van der Waals surface area contributed by atoms with Crippen molar-refractivity contribution in [3.8, 4) is 11.1 Å². The molecule has 176 valence electrons. The molecule has 1 aliphatic heterocycles. The van der Waals surface area contributed by atoms with E-state index in [1.165, 1.54) is 4.90 Å². The first-order valence-electron chi connectivity index (χ1n) is 11.0. The molecule has 0 radical (unpaired) electrons. The molecule has 0 saturated heterocycles. The summed E-state index contributed by atoms with van der Waals surface area (Å²) >= 11 is 0. The second kappa shape index (κ2) is 9.30.